The zero-order valence-corrected chi connectivity index (χ0v) is 9.35. The van der Waals surface area contributed by atoms with Gasteiger partial charge in [0.1, 0.15) is 0 Å². The van der Waals surface area contributed by atoms with Gasteiger partial charge in [-0.1, -0.05) is 24.2 Å². The molecule has 0 saturated carbocycles. The SMILES string of the molecule is O=S1CCCC[C-]1c1ccccc1.[Li+]. The van der Waals surface area contributed by atoms with Crippen molar-refractivity contribution in [3.8, 4) is 0 Å². The van der Waals surface area contributed by atoms with Gasteiger partial charge in [-0.05, 0) is 17.2 Å². The molecule has 1 nitrogen and oxygen atoms in total. The van der Waals surface area contributed by atoms with Crippen LogP contribution in [0.3, 0.4) is 0 Å². The van der Waals surface area contributed by atoms with Crippen LogP contribution in [-0.4, -0.2) is 9.96 Å². The third kappa shape index (κ3) is 2.67. The Morgan fingerprint density at radius 3 is 2.50 bits per heavy atom. The molecule has 1 aromatic carbocycles. The summed E-state index contributed by atoms with van der Waals surface area (Å²) < 4.78 is 11.7. The Balaban J connectivity index is 0.000000980. The fraction of sp³-hybridized carbons (Fsp3) is 0.364. The molecule has 0 bridgehead atoms. The summed E-state index contributed by atoms with van der Waals surface area (Å²) >= 11 is 0. The summed E-state index contributed by atoms with van der Waals surface area (Å²) in [7, 11) is -0.712. The van der Waals surface area contributed by atoms with E-state index < -0.39 is 10.8 Å². The fourth-order valence-electron chi connectivity index (χ4n) is 1.66. The van der Waals surface area contributed by atoms with E-state index in [1.54, 1.807) is 0 Å². The third-order valence-electron chi connectivity index (χ3n) is 2.35. The number of rotatable bonds is 1. The molecule has 1 atom stereocenters. The van der Waals surface area contributed by atoms with Crippen LogP contribution in [0.25, 0.3) is 0 Å². The van der Waals surface area contributed by atoms with Gasteiger partial charge in [-0.25, -0.2) is 0 Å². The summed E-state index contributed by atoms with van der Waals surface area (Å²) in [5.41, 5.74) is 1.17. The molecule has 0 aromatic heterocycles. The quantitative estimate of drug-likeness (QED) is 0.441. The van der Waals surface area contributed by atoms with Gasteiger partial charge in [0, 0.05) is 5.75 Å². The van der Waals surface area contributed by atoms with Crippen molar-refractivity contribution in [2.45, 2.75) is 19.3 Å². The van der Waals surface area contributed by atoms with E-state index in [1.807, 2.05) is 18.2 Å². The smallest absolute Gasteiger partial charge is 0.268 e. The molecule has 0 N–H and O–H groups in total. The van der Waals surface area contributed by atoms with Crippen LogP contribution in [0.4, 0.5) is 0 Å². The van der Waals surface area contributed by atoms with E-state index in [-0.39, 0.29) is 18.9 Å². The van der Waals surface area contributed by atoms with E-state index in [1.165, 1.54) is 12.0 Å². The second kappa shape index (κ2) is 5.65. The molecule has 1 aliphatic rings. The van der Waals surface area contributed by atoms with Gasteiger partial charge < -0.3 is 0 Å². The van der Waals surface area contributed by atoms with Crippen molar-refractivity contribution in [3.05, 3.63) is 41.1 Å². The minimum atomic E-state index is -0.712. The molecule has 2 rings (SSSR count). The van der Waals surface area contributed by atoms with Gasteiger partial charge in [-0.2, -0.15) is 17.7 Å². The summed E-state index contributed by atoms with van der Waals surface area (Å²) in [4.78, 5) is 0. The van der Waals surface area contributed by atoms with Crippen LogP contribution in [0, 0.1) is 5.25 Å². The van der Waals surface area contributed by atoms with Gasteiger partial charge in [0.05, 0.1) is 0 Å². The van der Waals surface area contributed by atoms with Crippen LogP contribution >= 0.6 is 0 Å². The number of hydrogen-bond acceptors (Lipinski definition) is 1. The fourth-order valence-corrected chi connectivity index (χ4v) is 3.14. The molecule has 1 saturated heterocycles. The van der Waals surface area contributed by atoms with E-state index in [2.05, 4.69) is 12.1 Å². The third-order valence-corrected chi connectivity index (χ3v) is 4.00. The predicted molar refractivity (Wildman–Crippen MR) is 55.6 cm³/mol. The largest absolute Gasteiger partial charge is 1.00 e. The van der Waals surface area contributed by atoms with Crippen molar-refractivity contribution in [3.63, 3.8) is 0 Å². The zero-order valence-electron chi connectivity index (χ0n) is 8.53. The van der Waals surface area contributed by atoms with Crippen molar-refractivity contribution >= 4 is 10.8 Å². The second-order valence-electron chi connectivity index (χ2n) is 3.30. The number of benzene rings is 1. The minimum absolute atomic E-state index is 0. The monoisotopic (exact) mass is 200 g/mol. The van der Waals surface area contributed by atoms with Crippen molar-refractivity contribution in [1.82, 2.24) is 0 Å². The average Bonchev–Trinajstić information content (AvgIpc) is 2.20. The van der Waals surface area contributed by atoms with Crippen molar-refractivity contribution in [2.24, 2.45) is 0 Å². The normalized spacial score (nSPS) is 21.4. The Morgan fingerprint density at radius 2 is 1.86 bits per heavy atom. The van der Waals surface area contributed by atoms with Gasteiger partial charge in [0.15, 0.2) is 0 Å². The first kappa shape index (κ1) is 11.9. The van der Waals surface area contributed by atoms with E-state index in [9.17, 15) is 4.21 Å². The van der Waals surface area contributed by atoms with Crippen LogP contribution in [0.1, 0.15) is 24.8 Å². The van der Waals surface area contributed by atoms with E-state index in [4.69, 9.17) is 0 Å². The first-order valence-electron chi connectivity index (χ1n) is 4.67. The maximum atomic E-state index is 11.7. The molecule has 0 aliphatic carbocycles. The molecule has 1 heterocycles. The molecule has 1 aliphatic heterocycles. The summed E-state index contributed by atoms with van der Waals surface area (Å²) in [5, 5.41) is 1.15. The topological polar surface area (TPSA) is 17.1 Å². The Hall–Kier alpha value is -0.163. The maximum Gasteiger partial charge on any atom is 1.00 e. The molecule has 70 valence electrons. The van der Waals surface area contributed by atoms with E-state index >= 15 is 0 Å². The Kier molecular flexibility index (Phi) is 4.81. The van der Waals surface area contributed by atoms with Gasteiger partial charge in [0.2, 0.25) is 0 Å². The van der Waals surface area contributed by atoms with Crippen LogP contribution in [0.2, 0.25) is 0 Å². The van der Waals surface area contributed by atoms with Crippen LogP contribution in [-0.2, 0) is 10.8 Å². The molecule has 1 unspecified atom stereocenters. The molecule has 0 spiro atoms. The molecule has 0 radical (unpaired) electrons. The Bertz CT molecular complexity index is 299. The molecule has 1 fully saturated rings. The van der Waals surface area contributed by atoms with E-state index in [0.717, 1.165) is 23.8 Å². The van der Waals surface area contributed by atoms with Crippen molar-refractivity contribution in [2.75, 3.05) is 5.75 Å². The van der Waals surface area contributed by atoms with Crippen LogP contribution < -0.4 is 18.9 Å². The summed E-state index contributed by atoms with van der Waals surface area (Å²) in [6, 6.07) is 10.1. The van der Waals surface area contributed by atoms with Crippen LogP contribution in [0.5, 0.6) is 0 Å². The molecule has 0 amide bonds. The molecular formula is C11H13LiOS. The average molecular weight is 200 g/mol. The predicted octanol–water partition coefficient (Wildman–Crippen LogP) is -0.497. The van der Waals surface area contributed by atoms with Crippen LogP contribution in [0.15, 0.2) is 30.3 Å². The number of hydrogen-bond donors (Lipinski definition) is 0. The first-order valence-corrected chi connectivity index (χ1v) is 5.99. The molecule has 1 aromatic rings. The maximum absolute atomic E-state index is 11.7. The standard InChI is InChI=1S/C11H13OS.Li/c12-13-9-5-4-8-11(13)10-6-2-1-3-7-10;/h1-3,6-7H,4-5,8-9H2;/q-1;+1. The van der Waals surface area contributed by atoms with Gasteiger partial charge in [0.25, 0.3) is 0 Å². The summed E-state index contributed by atoms with van der Waals surface area (Å²) in [6.45, 7) is 0. The van der Waals surface area contributed by atoms with Gasteiger partial charge in [-0.3, -0.25) is 4.21 Å². The summed E-state index contributed by atoms with van der Waals surface area (Å²) in [6.07, 6.45) is 3.32. The van der Waals surface area contributed by atoms with Gasteiger partial charge in [-0.15, -0.1) is 12.1 Å². The van der Waals surface area contributed by atoms with E-state index in [0.29, 0.717) is 0 Å². The summed E-state index contributed by atoms with van der Waals surface area (Å²) in [5.74, 6) is 0.851. The second-order valence-corrected chi connectivity index (χ2v) is 4.89. The molecule has 14 heavy (non-hydrogen) atoms. The van der Waals surface area contributed by atoms with Gasteiger partial charge >= 0.3 is 18.9 Å². The zero-order chi connectivity index (χ0) is 9.10. The Morgan fingerprint density at radius 1 is 1.14 bits per heavy atom. The first-order chi connectivity index (χ1) is 6.38. The molecular weight excluding hydrogens is 187 g/mol. The Labute approximate surface area is 99.9 Å². The van der Waals surface area contributed by atoms with Crippen molar-refractivity contribution < 1.29 is 23.1 Å². The molecule has 3 heteroatoms. The minimum Gasteiger partial charge on any atom is -0.268 e. The van der Waals surface area contributed by atoms with Crippen molar-refractivity contribution in [1.29, 1.82) is 0 Å².